The van der Waals surface area contributed by atoms with Crippen LogP contribution >= 0.6 is 15.9 Å². The predicted octanol–water partition coefficient (Wildman–Crippen LogP) is 3.12. The lowest BCUT2D eigenvalue weighted by atomic mass is 9.92. The number of nitrogens with zero attached hydrogens (tertiary/aromatic N) is 1. The molecule has 21 heavy (non-hydrogen) atoms. The fraction of sp³-hybridized carbons (Fsp3) is 0.588. The first-order valence-electron chi connectivity index (χ1n) is 8.03. The van der Waals surface area contributed by atoms with Crippen LogP contribution in [-0.4, -0.2) is 36.0 Å². The van der Waals surface area contributed by atoms with Crippen LogP contribution in [0.3, 0.4) is 0 Å². The highest BCUT2D eigenvalue weighted by molar-refractivity contribution is 9.10. The fourth-order valence-corrected chi connectivity index (χ4v) is 4.00. The molecule has 4 heteroatoms. The van der Waals surface area contributed by atoms with Gasteiger partial charge in [0.25, 0.3) is 0 Å². The van der Waals surface area contributed by atoms with E-state index in [1.165, 1.54) is 37.7 Å². The van der Waals surface area contributed by atoms with Crippen LogP contribution in [0.1, 0.15) is 37.7 Å². The second-order valence-electron chi connectivity index (χ2n) is 6.13. The van der Waals surface area contributed by atoms with Gasteiger partial charge in [-0.1, -0.05) is 53.4 Å². The van der Waals surface area contributed by atoms with E-state index in [2.05, 4.69) is 32.2 Å². The Morgan fingerprint density at radius 2 is 1.95 bits per heavy atom. The summed E-state index contributed by atoms with van der Waals surface area (Å²) in [6.45, 7) is 1.79. The highest BCUT2D eigenvalue weighted by atomic mass is 79.9. The van der Waals surface area contributed by atoms with Gasteiger partial charge in [0.1, 0.15) is 0 Å². The van der Waals surface area contributed by atoms with Gasteiger partial charge in [-0.25, -0.2) is 0 Å². The molecule has 1 N–H and O–H groups in total. The van der Waals surface area contributed by atoms with Crippen molar-refractivity contribution >= 4 is 21.8 Å². The highest BCUT2D eigenvalue weighted by Gasteiger charge is 2.33. The summed E-state index contributed by atoms with van der Waals surface area (Å²) >= 11 is 3.58. The molecular weight excluding hydrogens is 328 g/mol. The third kappa shape index (κ3) is 3.49. The summed E-state index contributed by atoms with van der Waals surface area (Å²) in [6.07, 6.45) is 7.02. The summed E-state index contributed by atoms with van der Waals surface area (Å²) in [4.78, 5) is 14.9. The minimum atomic E-state index is -0.0700. The maximum Gasteiger partial charge on any atom is 0.240 e. The molecule has 1 atom stereocenters. The molecule has 1 aliphatic heterocycles. The average Bonchev–Trinajstić information content (AvgIpc) is 2.52. The summed E-state index contributed by atoms with van der Waals surface area (Å²) in [5.41, 5.74) is 1.20. The van der Waals surface area contributed by atoms with Crippen LogP contribution in [0.5, 0.6) is 0 Å². The maximum absolute atomic E-state index is 12.8. The van der Waals surface area contributed by atoms with Gasteiger partial charge in [0.2, 0.25) is 5.91 Å². The standard InChI is InChI=1S/C17H23BrN2O/c18-15-9-5-4-6-13(15)12-16-17(21)20(11-10-19-16)14-7-2-1-3-8-14/h4-6,9,14,16,19H,1-3,7-8,10-12H2/t16-/m0/s1. The van der Waals surface area contributed by atoms with Gasteiger partial charge >= 0.3 is 0 Å². The van der Waals surface area contributed by atoms with Gasteiger partial charge in [0, 0.05) is 23.6 Å². The van der Waals surface area contributed by atoms with Crippen molar-refractivity contribution in [3.8, 4) is 0 Å². The number of benzene rings is 1. The Hall–Kier alpha value is -0.870. The second-order valence-corrected chi connectivity index (χ2v) is 6.98. The largest absolute Gasteiger partial charge is 0.337 e. The zero-order chi connectivity index (χ0) is 14.7. The second kappa shape index (κ2) is 6.93. The molecule has 0 spiro atoms. The Morgan fingerprint density at radius 1 is 1.19 bits per heavy atom. The Bertz CT molecular complexity index is 499. The lowest BCUT2D eigenvalue weighted by molar-refractivity contribution is -0.138. The number of halogens is 1. The zero-order valence-electron chi connectivity index (χ0n) is 12.4. The summed E-state index contributed by atoms with van der Waals surface area (Å²) in [5, 5.41) is 3.40. The average molecular weight is 351 g/mol. The quantitative estimate of drug-likeness (QED) is 0.908. The van der Waals surface area contributed by atoms with Crippen molar-refractivity contribution in [1.82, 2.24) is 10.2 Å². The number of carbonyl (C=O) groups excluding carboxylic acids is 1. The Morgan fingerprint density at radius 3 is 2.71 bits per heavy atom. The van der Waals surface area contributed by atoms with Gasteiger partial charge < -0.3 is 10.2 Å². The molecule has 1 saturated heterocycles. The number of amides is 1. The lowest BCUT2D eigenvalue weighted by Gasteiger charge is -2.40. The molecule has 1 heterocycles. The maximum atomic E-state index is 12.8. The van der Waals surface area contributed by atoms with Crippen molar-refractivity contribution in [2.75, 3.05) is 13.1 Å². The molecule has 2 fully saturated rings. The normalized spacial score (nSPS) is 24.3. The van der Waals surface area contributed by atoms with Crippen LogP contribution < -0.4 is 5.32 Å². The number of piperazine rings is 1. The van der Waals surface area contributed by atoms with Crippen LogP contribution in [0.25, 0.3) is 0 Å². The van der Waals surface area contributed by atoms with E-state index in [4.69, 9.17) is 0 Å². The minimum absolute atomic E-state index is 0.0700. The van der Waals surface area contributed by atoms with Crippen molar-refractivity contribution < 1.29 is 4.79 Å². The molecular formula is C17H23BrN2O. The summed E-state index contributed by atoms with van der Waals surface area (Å²) < 4.78 is 1.09. The first kappa shape index (κ1) is 15.0. The predicted molar refractivity (Wildman–Crippen MR) is 88.2 cm³/mol. The van der Waals surface area contributed by atoms with E-state index in [1.807, 2.05) is 18.2 Å². The molecule has 3 nitrogen and oxygen atoms in total. The SMILES string of the molecule is O=C1[C@H](Cc2ccccc2Br)NCCN1C1CCCCC1. The van der Waals surface area contributed by atoms with Gasteiger partial charge in [-0.05, 0) is 30.9 Å². The molecule has 1 saturated carbocycles. The monoisotopic (exact) mass is 350 g/mol. The first-order chi connectivity index (χ1) is 10.3. The van der Waals surface area contributed by atoms with E-state index in [9.17, 15) is 4.79 Å². The molecule has 0 aromatic heterocycles. The van der Waals surface area contributed by atoms with Crippen LogP contribution in [0.2, 0.25) is 0 Å². The van der Waals surface area contributed by atoms with Crippen LogP contribution in [0.4, 0.5) is 0 Å². The molecule has 1 aromatic rings. The Labute approximate surface area is 135 Å². The smallest absolute Gasteiger partial charge is 0.240 e. The fourth-order valence-electron chi connectivity index (χ4n) is 3.56. The number of hydrogen-bond donors (Lipinski definition) is 1. The van der Waals surface area contributed by atoms with Crippen molar-refractivity contribution in [2.24, 2.45) is 0 Å². The van der Waals surface area contributed by atoms with E-state index < -0.39 is 0 Å². The number of nitrogens with one attached hydrogen (secondary N) is 1. The molecule has 1 aliphatic carbocycles. The molecule has 1 aromatic carbocycles. The van der Waals surface area contributed by atoms with Crippen molar-refractivity contribution in [3.05, 3.63) is 34.3 Å². The van der Waals surface area contributed by atoms with Gasteiger partial charge in [-0.2, -0.15) is 0 Å². The zero-order valence-corrected chi connectivity index (χ0v) is 13.9. The van der Waals surface area contributed by atoms with E-state index in [-0.39, 0.29) is 6.04 Å². The van der Waals surface area contributed by atoms with Crippen LogP contribution in [0.15, 0.2) is 28.7 Å². The molecule has 1 amide bonds. The molecule has 114 valence electrons. The van der Waals surface area contributed by atoms with Crippen LogP contribution in [0, 0.1) is 0 Å². The van der Waals surface area contributed by atoms with Gasteiger partial charge in [0.15, 0.2) is 0 Å². The summed E-state index contributed by atoms with van der Waals surface area (Å²) in [6, 6.07) is 8.60. The summed E-state index contributed by atoms with van der Waals surface area (Å²) in [5.74, 6) is 0.295. The van der Waals surface area contributed by atoms with Gasteiger partial charge in [0.05, 0.1) is 6.04 Å². The summed E-state index contributed by atoms with van der Waals surface area (Å²) in [7, 11) is 0. The molecule has 0 radical (unpaired) electrons. The number of hydrogen-bond acceptors (Lipinski definition) is 2. The number of rotatable bonds is 3. The van der Waals surface area contributed by atoms with Crippen molar-refractivity contribution in [2.45, 2.75) is 50.6 Å². The van der Waals surface area contributed by atoms with E-state index in [0.717, 1.165) is 24.0 Å². The van der Waals surface area contributed by atoms with Crippen molar-refractivity contribution in [1.29, 1.82) is 0 Å². The van der Waals surface area contributed by atoms with Gasteiger partial charge in [-0.3, -0.25) is 4.79 Å². The van der Waals surface area contributed by atoms with Gasteiger partial charge in [-0.15, -0.1) is 0 Å². The highest BCUT2D eigenvalue weighted by Crippen LogP contribution is 2.25. The van der Waals surface area contributed by atoms with E-state index in [1.54, 1.807) is 0 Å². The Kier molecular flexibility index (Phi) is 4.96. The van der Waals surface area contributed by atoms with E-state index in [0.29, 0.717) is 11.9 Å². The van der Waals surface area contributed by atoms with E-state index >= 15 is 0 Å². The molecule has 0 unspecified atom stereocenters. The number of carbonyl (C=O) groups is 1. The Balaban J connectivity index is 1.68. The molecule has 3 rings (SSSR count). The van der Waals surface area contributed by atoms with Crippen molar-refractivity contribution in [3.63, 3.8) is 0 Å². The molecule has 0 bridgehead atoms. The molecule has 2 aliphatic rings. The first-order valence-corrected chi connectivity index (χ1v) is 8.82. The topological polar surface area (TPSA) is 32.3 Å². The minimum Gasteiger partial charge on any atom is -0.337 e. The van der Waals surface area contributed by atoms with Crippen LogP contribution in [-0.2, 0) is 11.2 Å². The third-order valence-corrected chi connectivity index (χ3v) is 5.50. The third-order valence-electron chi connectivity index (χ3n) is 4.72. The lowest BCUT2D eigenvalue weighted by Crippen LogP contribution is -2.59.